The summed E-state index contributed by atoms with van der Waals surface area (Å²) in [5.74, 6) is 1.77. The van der Waals surface area contributed by atoms with Gasteiger partial charge in [0.1, 0.15) is 6.26 Å². The molecule has 1 aliphatic rings. The van der Waals surface area contributed by atoms with Crippen molar-refractivity contribution in [3.8, 4) is 11.5 Å². The summed E-state index contributed by atoms with van der Waals surface area (Å²) in [6.07, 6.45) is 6.12. The Labute approximate surface area is 101 Å². The molecule has 0 saturated heterocycles. The van der Waals surface area contributed by atoms with Crippen LogP contribution in [0.25, 0.3) is 11.5 Å². The van der Waals surface area contributed by atoms with Crippen LogP contribution < -0.4 is 0 Å². The van der Waals surface area contributed by atoms with Crippen LogP contribution in [0, 0.1) is 0 Å². The fourth-order valence-corrected chi connectivity index (χ4v) is 1.87. The molecule has 1 saturated carbocycles. The molecule has 3 rings (SSSR count). The molecule has 3 heteroatoms. The van der Waals surface area contributed by atoms with Crippen LogP contribution in [-0.4, -0.2) is 9.97 Å². The van der Waals surface area contributed by atoms with Gasteiger partial charge in [-0.2, -0.15) is 0 Å². The van der Waals surface area contributed by atoms with Crippen molar-refractivity contribution in [2.24, 2.45) is 0 Å². The first-order chi connectivity index (χ1) is 8.24. The van der Waals surface area contributed by atoms with E-state index in [4.69, 9.17) is 4.42 Å². The lowest BCUT2D eigenvalue weighted by atomic mass is 10.1. The molecule has 1 aliphatic carbocycles. The van der Waals surface area contributed by atoms with Gasteiger partial charge in [-0.3, -0.25) is 4.98 Å². The zero-order chi connectivity index (χ0) is 11.8. The van der Waals surface area contributed by atoms with E-state index >= 15 is 0 Å². The van der Waals surface area contributed by atoms with E-state index in [2.05, 4.69) is 29.9 Å². The summed E-state index contributed by atoms with van der Waals surface area (Å²) in [6.45, 7) is 4.23. The molecule has 88 valence electrons. The molecule has 17 heavy (non-hydrogen) atoms. The van der Waals surface area contributed by atoms with Crippen LogP contribution in [0.1, 0.15) is 49.9 Å². The molecule has 3 nitrogen and oxygen atoms in total. The fourth-order valence-electron chi connectivity index (χ4n) is 1.87. The van der Waals surface area contributed by atoms with E-state index in [1.165, 1.54) is 18.5 Å². The number of rotatable bonds is 3. The quantitative estimate of drug-likeness (QED) is 0.803. The van der Waals surface area contributed by atoms with Crippen molar-refractivity contribution in [2.75, 3.05) is 0 Å². The standard InChI is InChI=1S/C14H16N2O/c1-9(2)13-8-17-14(16-13)11-5-6-15-12(7-11)10-3-4-10/h5-10H,3-4H2,1-2H3. The van der Waals surface area contributed by atoms with Gasteiger partial charge in [0.2, 0.25) is 5.89 Å². The summed E-state index contributed by atoms with van der Waals surface area (Å²) in [5.41, 5.74) is 3.21. The lowest BCUT2D eigenvalue weighted by molar-refractivity contribution is 0.571. The van der Waals surface area contributed by atoms with Crippen molar-refractivity contribution < 1.29 is 4.42 Å². The van der Waals surface area contributed by atoms with Gasteiger partial charge in [0.15, 0.2) is 0 Å². The molecule has 0 radical (unpaired) electrons. The highest BCUT2D eigenvalue weighted by molar-refractivity contribution is 5.53. The Morgan fingerprint density at radius 1 is 1.35 bits per heavy atom. The van der Waals surface area contributed by atoms with Crippen molar-refractivity contribution in [3.05, 3.63) is 36.0 Å². The van der Waals surface area contributed by atoms with Crippen LogP contribution in [0.3, 0.4) is 0 Å². The van der Waals surface area contributed by atoms with E-state index in [-0.39, 0.29) is 0 Å². The third-order valence-electron chi connectivity index (χ3n) is 3.14. The smallest absolute Gasteiger partial charge is 0.226 e. The maximum absolute atomic E-state index is 5.53. The van der Waals surface area contributed by atoms with Crippen LogP contribution in [0.2, 0.25) is 0 Å². The van der Waals surface area contributed by atoms with Gasteiger partial charge in [-0.15, -0.1) is 0 Å². The molecule has 0 amide bonds. The second-order valence-electron chi connectivity index (χ2n) is 4.98. The van der Waals surface area contributed by atoms with E-state index in [0.717, 1.165) is 11.3 Å². The van der Waals surface area contributed by atoms with Crippen molar-refractivity contribution in [1.29, 1.82) is 0 Å². The lowest BCUT2D eigenvalue weighted by Crippen LogP contribution is -1.89. The van der Waals surface area contributed by atoms with Gasteiger partial charge in [-0.25, -0.2) is 4.98 Å². The minimum absolute atomic E-state index is 0.400. The Morgan fingerprint density at radius 3 is 2.82 bits per heavy atom. The van der Waals surface area contributed by atoms with Crippen molar-refractivity contribution in [1.82, 2.24) is 9.97 Å². The van der Waals surface area contributed by atoms with Crippen LogP contribution in [0.5, 0.6) is 0 Å². The van der Waals surface area contributed by atoms with Gasteiger partial charge >= 0.3 is 0 Å². The number of oxazole rings is 1. The minimum atomic E-state index is 0.400. The van der Waals surface area contributed by atoms with Crippen LogP contribution in [-0.2, 0) is 0 Å². The molecule has 0 aromatic carbocycles. The SMILES string of the molecule is CC(C)c1coc(-c2ccnc(C3CC3)c2)n1. The Kier molecular flexibility index (Phi) is 2.46. The average Bonchev–Trinajstić information content (AvgIpc) is 3.06. The van der Waals surface area contributed by atoms with Crippen LogP contribution in [0.15, 0.2) is 29.0 Å². The number of aromatic nitrogens is 2. The van der Waals surface area contributed by atoms with Gasteiger partial charge in [0.05, 0.1) is 5.69 Å². The third-order valence-corrected chi connectivity index (χ3v) is 3.14. The predicted octanol–water partition coefficient (Wildman–Crippen LogP) is 3.74. The number of hydrogen-bond donors (Lipinski definition) is 0. The number of hydrogen-bond acceptors (Lipinski definition) is 3. The molecule has 1 fully saturated rings. The molecule has 0 atom stereocenters. The maximum Gasteiger partial charge on any atom is 0.226 e. The van der Waals surface area contributed by atoms with Crippen LogP contribution in [0.4, 0.5) is 0 Å². The largest absolute Gasteiger partial charge is 0.444 e. The Balaban J connectivity index is 1.93. The molecular formula is C14H16N2O. The van der Waals surface area contributed by atoms with Crippen molar-refractivity contribution >= 4 is 0 Å². The Hall–Kier alpha value is -1.64. The second kappa shape index (κ2) is 3.99. The van der Waals surface area contributed by atoms with Crippen LogP contribution >= 0.6 is 0 Å². The Morgan fingerprint density at radius 2 is 2.18 bits per heavy atom. The minimum Gasteiger partial charge on any atom is -0.444 e. The van der Waals surface area contributed by atoms with Crippen molar-refractivity contribution in [3.63, 3.8) is 0 Å². The monoisotopic (exact) mass is 228 g/mol. The lowest BCUT2D eigenvalue weighted by Gasteiger charge is -1.99. The maximum atomic E-state index is 5.53. The van der Waals surface area contributed by atoms with E-state index < -0.39 is 0 Å². The summed E-state index contributed by atoms with van der Waals surface area (Å²) in [7, 11) is 0. The van der Waals surface area contributed by atoms with Gasteiger partial charge in [0.25, 0.3) is 0 Å². The van der Waals surface area contributed by atoms with Crippen molar-refractivity contribution in [2.45, 2.75) is 38.5 Å². The predicted molar refractivity (Wildman–Crippen MR) is 65.8 cm³/mol. The molecular weight excluding hydrogens is 212 g/mol. The molecule has 2 heterocycles. The molecule has 0 bridgehead atoms. The van der Waals surface area contributed by atoms with E-state index in [0.29, 0.717) is 17.7 Å². The van der Waals surface area contributed by atoms with E-state index in [9.17, 15) is 0 Å². The number of nitrogens with zero attached hydrogens (tertiary/aromatic N) is 2. The summed E-state index contributed by atoms with van der Waals surface area (Å²) < 4.78 is 5.53. The average molecular weight is 228 g/mol. The van der Waals surface area contributed by atoms with Gasteiger partial charge in [-0.1, -0.05) is 13.8 Å². The van der Waals surface area contributed by atoms with E-state index in [1.54, 1.807) is 6.26 Å². The molecule has 0 spiro atoms. The first kappa shape index (κ1) is 10.5. The normalized spacial score (nSPS) is 15.5. The zero-order valence-electron chi connectivity index (χ0n) is 10.2. The highest BCUT2D eigenvalue weighted by atomic mass is 16.3. The second-order valence-corrected chi connectivity index (χ2v) is 4.98. The summed E-state index contributed by atoms with van der Waals surface area (Å²) in [4.78, 5) is 8.91. The fraction of sp³-hybridized carbons (Fsp3) is 0.429. The first-order valence-corrected chi connectivity index (χ1v) is 6.16. The molecule has 0 aliphatic heterocycles. The Bertz CT molecular complexity index is 527. The topological polar surface area (TPSA) is 38.9 Å². The zero-order valence-corrected chi connectivity index (χ0v) is 10.2. The van der Waals surface area contributed by atoms with E-state index in [1.807, 2.05) is 12.3 Å². The highest BCUT2D eigenvalue weighted by Gasteiger charge is 2.25. The summed E-state index contributed by atoms with van der Waals surface area (Å²) >= 11 is 0. The molecule has 2 aromatic heterocycles. The summed E-state index contributed by atoms with van der Waals surface area (Å²) in [6, 6.07) is 4.06. The molecule has 0 N–H and O–H groups in total. The third kappa shape index (κ3) is 2.09. The summed E-state index contributed by atoms with van der Waals surface area (Å²) in [5, 5.41) is 0. The first-order valence-electron chi connectivity index (χ1n) is 6.16. The van der Waals surface area contributed by atoms with Gasteiger partial charge in [-0.05, 0) is 30.9 Å². The van der Waals surface area contributed by atoms with Gasteiger partial charge in [0, 0.05) is 23.4 Å². The highest BCUT2D eigenvalue weighted by Crippen LogP contribution is 2.39. The van der Waals surface area contributed by atoms with Gasteiger partial charge < -0.3 is 4.42 Å². The molecule has 2 aromatic rings. The number of pyridine rings is 1. The molecule has 0 unspecified atom stereocenters.